The molecule has 2 heterocycles. The van der Waals surface area contributed by atoms with Crippen molar-refractivity contribution in [1.29, 1.82) is 0 Å². The van der Waals surface area contributed by atoms with E-state index in [9.17, 15) is 4.79 Å². The summed E-state index contributed by atoms with van der Waals surface area (Å²) in [6, 6.07) is 8.29. The van der Waals surface area contributed by atoms with Gasteiger partial charge in [0, 0.05) is 18.8 Å². The summed E-state index contributed by atoms with van der Waals surface area (Å²) in [5, 5.41) is 4.21. The molecule has 0 aliphatic carbocycles. The van der Waals surface area contributed by atoms with E-state index in [2.05, 4.69) is 11.2 Å². The molecule has 1 aromatic carbocycles. The summed E-state index contributed by atoms with van der Waals surface area (Å²) in [5.74, 6) is 1.04. The lowest BCUT2D eigenvalue weighted by atomic mass is 10.0. The van der Waals surface area contributed by atoms with E-state index >= 15 is 0 Å². The van der Waals surface area contributed by atoms with Gasteiger partial charge in [-0.3, -0.25) is 9.48 Å². The molecule has 1 fully saturated rings. The maximum absolute atomic E-state index is 12.6. The van der Waals surface area contributed by atoms with E-state index in [1.54, 1.807) is 18.0 Å². The number of carbonyl (C=O) groups is 1. The molecular weight excluding hydrogens is 290 g/mol. The molecule has 3 rings (SSSR count). The summed E-state index contributed by atoms with van der Waals surface area (Å²) in [4.78, 5) is 14.6. The number of amides is 1. The van der Waals surface area contributed by atoms with Crippen molar-refractivity contribution in [3.05, 3.63) is 47.8 Å². The number of ether oxygens (including phenoxy) is 1. The molecule has 5 nitrogen and oxygen atoms in total. The smallest absolute Gasteiger partial charge is 0.244 e. The van der Waals surface area contributed by atoms with Crippen molar-refractivity contribution in [2.75, 3.05) is 13.7 Å². The highest BCUT2D eigenvalue weighted by molar-refractivity contribution is 5.76. The summed E-state index contributed by atoms with van der Waals surface area (Å²) in [5.41, 5.74) is 2.24. The van der Waals surface area contributed by atoms with Crippen LogP contribution in [0, 0.1) is 6.92 Å². The third kappa shape index (κ3) is 3.55. The van der Waals surface area contributed by atoms with Gasteiger partial charge in [0.05, 0.1) is 13.3 Å². The first-order chi connectivity index (χ1) is 11.2. The van der Waals surface area contributed by atoms with E-state index in [0.29, 0.717) is 6.54 Å². The molecule has 0 spiro atoms. The molecule has 0 saturated carbocycles. The van der Waals surface area contributed by atoms with Crippen LogP contribution >= 0.6 is 0 Å². The molecule has 2 aromatic rings. The highest BCUT2D eigenvalue weighted by Crippen LogP contribution is 2.26. The lowest BCUT2D eigenvalue weighted by molar-refractivity contribution is -0.132. The Morgan fingerprint density at radius 3 is 2.96 bits per heavy atom. The number of para-hydroxylation sites is 1. The van der Waals surface area contributed by atoms with Crippen molar-refractivity contribution in [3.63, 3.8) is 0 Å². The van der Waals surface area contributed by atoms with Crippen molar-refractivity contribution in [2.45, 2.75) is 38.8 Å². The van der Waals surface area contributed by atoms with Gasteiger partial charge in [-0.1, -0.05) is 18.2 Å². The van der Waals surface area contributed by atoms with Gasteiger partial charge >= 0.3 is 0 Å². The number of carbonyl (C=O) groups excluding carboxylic acids is 1. The normalized spacial score (nSPS) is 17.5. The van der Waals surface area contributed by atoms with Crippen LogP contribution < -0.4 is 4.74 Å². The van der Waals surface area contributed by atoms with Crippen LogP contribution in [0.1, 0.15) is 24.0 Å². The maximum atomic E-state index is 12.6. The zero-order valence-electron chi connectivity index (χ0n) is 13.7. The number of aryl methyl sites for hydroxylation is 1. The maximum Gasteiger partial charge on any atom is 0.244 e. The van der Waals surface area contributed by atoms with Gasteiger partial charge in [0.15, 0.2) is 0 Å². The average Bonchev–Trinajstić information content (AvgIpc) is 3.17. The molecule has 1 saturated heterocycles. The van der Waals surface area contributed by atoms with Gasteiger partial charge in [0.2, 0.25) is 5.91 Å². The summed E-state index contributed by atoms with van der Waals surface area (Å²) in [6.07, 6.45) is 6.63. The van der Waals surface area contributed by atoms with Crippen LogP contribution in [-0.2, 0) is 17.8 Å². The zero-order chi connectivity index (χ0) is 16.2. The van der Waals surface area contributed by atoms with Gasteiger partial charge in [-0.15, -0.1) is 0 Å². The number of nitrogens with zero attached hydrogens (tertiary/aromatic N) is 3. The van der Waals surface area contributed by atoms with E-state index in [4.69, 9.17) is 4.74 Å². The fourth-order valence-electron chi connectivity index (χ4n) is 3.28. The third-order valence-electron chi connectivity index (χ3n) is 4.41. The van der Waals surface area contributed by atoms with Crippen LogP contribution in [0.5, 0.6) is 5.75 Å². The van der Waals surface area contributed by atoms with Gasteiger partial charge in [0.1, 0.15) is 12.3 Å². The Morgan fingerprint density at radius 2 is 2.22 bits per heavy atom. The van der Waals surface area contributed by atoms with Gasteiger partial charge in [0.25, 0.3) is 0 Å². The summed E-state index contributed by atoms with van der Waals surface area (Å²) >= 11 is 0. The second-order valence-corrected chi connectivity index (χ2v) is 6.11. The van der Waals surface area contributed by atoms with E-state index in [-0.39, 0.29) is 11.9 Å². The van der Waals surface area contributed by atoms with Crippen LogP contribution in [0.3, 0.4) is 0 Å². The Hall–Kier alpha value is -2.30. The summed E-state index contributed by atoms with van der Waals surface area (Å²) < 4.78 is 7.15. The van der Waals surface area contributed by atoms with Crippen LogP contribution in [0.4, 0.5) is 0 Å². The SMILES string of the molecule is COc1ccccc1C[C@@H]1CCCN1C(=O)Cn1cc(C)cn1. The summed E-state index contributed by atoms with van der Waals surface area (Å²) in [7, 11) is 1.69. The molecule has 5 heteroatoms. The molecule has 23 heavy (non-hydrogen) atoms. The molecule has 1 atom stereocenters. The highest BCUT2D eigenvalue weighted by Gasteiger charge is 2.29. The number of rotatable bonds is 5. The van der Waals surface area contributed by atoms with Crippen molar-refractivity contribution in [2.24, 2.45) is 0 Å². The Labute approximate surface area is 136 Å². The topological polar surface area (TPSA) is 47.4 Å². The molecule has 0 unspecified atom stereocenters. The minimum Gasteiger partial charge on any atom is -0.496 e. The number of likely N-dealkylation sites (tertiary alicyclic amines) is 1. The molecule has 122 valence electrons. The van der Waals surface area contributed by atoms with Crippen molar-refractivity contribution in [3.8, 4) is 5.75 Å². The lowest BCUT2D eigenvalue weighted by Gasteiger charge is -2.25. The van der Waals surface area contributed by atoms with Gasteiger partial charge in [-0.2, -0.15) is 5.10 Å². The van der Waals surface area contributed by atoms with Crippen molar-refractivity contribution >= 4 is 5.91 Å². The number of hydrogen-bond acceptors (Lipinski definition) is 3. The van der Waals surface area contributed by atoms with Crippen molar-refractivity contribution in [1.82, 2.24) is 14.7 Å². The van der Waals surface area contributed by atoms with E-state index in [1.165, 1.54) is 0 Å². The Bertz CT molecular complexity index is 680. The van der Waals surface area contributed by atoms with E-state index in [0.717, 1.165) is 42.7 Å². The molecule has 1 aliphatic heterocycles. The molecule has 1 amide bonds. The minimum absolute atomic E-state index is 0.144. The van der Waals surface area contributed by atoms with Gasteiger partial charge < -0.3 is 9.64 Å². The zero-order valence-corrected chi connectivity index (χ0v) is 13.7. The highest BCUT2D eigenvalue weighted by atomic mass is 16.5. The molecule has 1 aromatic heterocycles. The van der Waals surface area contributed by atoms with Gasteiger partial charge in [-0.05, 0) is 43.4 Å². The predicted octanol–water partition coefficient (Wildman–Crippen LogP) is 2.43. The Balaban J connectivity index is 1.68. The second kappa shape index (κ2) is 6.86. The molecule has 0 bridgehead atoms. The number of aromatic nitrogens is 2. The second-order valence-electron chi connectivity index (χ2n) is 6.11. The average molecular weight is 313 g/mol. The minimum atomic E-state index is 0.144. The number of benzene rings is 1. The number of hydrogen-bond donors (Lipinski definition) is 0. The fourth-order valence-corrected chi connectivity index (χ4v) is 3.28. The number of methoxy groups -OCH3 is 1. The van der Waals surface area contributed by atoms with Crippen LogP contribution in [0.25, 0.3) is 0 Å². The molecule has 1 aliphatic rings. The quantitative estimate of drug-likeness (QED) is 0.852. The predicted molar refractivity (Wildman–Crippen MR) is 88.4 cm³/mol. The van der Waals surface area contributed by atoms with Crippen LogP contribution in [-0.4, -0.2) is 40.3 Å². The largest absolute Gasteiger partial charge is 0.496 e. The van der Waals surface area contributed by atoms with Crippen molar-refractivity contribution < 1.29 is 9.53 Å². The first-order valence-electron chi connectivity index (χ1n) is 8.08. The first-order valence-corrected chi connectivity index (χ1v) is 8.08. The molecular formula is C18H23N3O2. The van der Waals surface area contributed by atoms with E-state index < -0.39 is 0 Å². The Kier molecular flexibility index (Phi) is 4.65. The van der Waals surface area contributed by atoms with Crippen LogP contribution in [0.2, 0.25) is 0 Å². The van der Waals surface area contributed by atoms with Crippen LogP contribution in [0.15, 0.2) is 36.7 Å². The summed E-state index contributed by atoms with van der Waals surface area (Å²) in [6.45, 7) is 3.13. The third-order valence-corrected chi connectivity index (χ3v) is 4.41. The van der Waals surface area contributed by atoms with E-state index in [1.807, 2.05) is 36.2 Å². The molecule has 0 N–H and O–H groups in total. The Morgan fingerprint density at radius 1 is 1.39 bits per heavy atom. The first kappa shape index (κ1) is 15.6. The monoisotopic (exact) mass is 313 g/mol. The van der Waals surface area contributed by atoms with Gasteiger partial charge in [-0.25, -0.2) is 0 Å². The fraction of sp³-hybridized carbons (Fsp3) is 0.444. The lowest BCUT2D eigenvalue weighted by Crippen LogP contribution is -2.39. The standard InChI is InChI=1S/C18H23N3O2/c1-14-11-19-20(12-14)13-18(22)21-9-5-7-16(21)10-15-6-3-4-8-17(15)23-2/h3-4,6,8,11-12,16H,5,7,9-10,13H2,1-2H3/t16-/m0/s1. The molecule has 0 radical (unpaired) electrons.